The molecule has 0 aromatic heterocycles. The van der Waals surface area contributed by atoms with Crippen LogP contribution in [0, 0.1) is 0 Å². The van der Waals surface area contributed by atoms with E-state index in [0.717, 1.165) is 32.5 Å². The number of rotatable bonds is 10. The molecule has 1 unspecified atom stereocenters. The first kappa shape index (κ1) is 21.6. The van der Waals surface area contributed by atoms with Gasteiger partial charge >= 0.3 is 0 Å². The summed E-state index contributed by atoms with van der Waals surface area (Å²) < 4.78 is 0. The number of nitrogens with one attached hydrogen (secondary N) is 2. The van der Waals surface area contributed by atoms with E-state index in [2.05, 4.69) is 65.2 Å². The van der Waals surface area contributed by atoms with Gasteiger partial charge in [-0.2, -0.15) is 0 Å². The molecule has 3 aromatic carbocycles. The minimum atomic E-state index is -0.437. The van der Waals surface area contributed by atoms with Crippen molar-refractivity contribution in [2.75, 3.05) is 26.2 Å². The summed E-state index contributed by atoms with van der Waals surface area (Å²) in [6.45, 7) is 3.66. The van der Waals surface area contributed by atoms with Crippen molar-refractivity contribution < 1.29 is 5.11 Å². The van der Waals surface area contributed by atoms with Crippen molar-refractivity contribution in [3.63, 3.8) is 0 Å². The minimum absolute atomic E-state index is 0. The van der Waals surface area contributed by atoms with Crippen LogP contribution < -0.4 is 16.4 Å². The first-order valence-corrected chi connectivity index (χ1v) is 9.48. The third-order valence-corrected chi connectivity index (χ3v) is 4.79. The molecule has 5 heteroatoms. The first-order valence-electron chi connectivity index (χ1n) is 9.48. The van der Waals surface area contributed by atoms with E-state index in [4.69, 9.17) is 5.73 Å². The molecule has 1 atom stereocenters. The van der Waals surface area contributed by atoms with Crippen LogP contribution in [0.3, 0.4) is 0 Å². The number of benzene rings is 3. The third kappa shape index (κ3) is 5.89. The Morgan fingerprint density at radius 3 is 2.00 bits per heavy atom. The average molecular weight is 388 g/mol. The first-order chi connectivity index (χ1) is 12.8. The molecular weight excluding hydrogens is 358 g/mol. The lowest BCUT2D eigenvalue weighted by molar-refractivity contribution is 0.179. The Morgan fingerprint density at radius 1 is 0.852 bits per heavy atom. The van der Waals surface area contributed by atoms with Crippen molar-refractivity contribution in [3.8, 4) is 0 Å². The van der Waals surface area contributed by atoms with Crippen LogP contribution in [0.5, 0.6) is 0 Å². The molecule has 146 valence electrons. The van der Waals surface area contributed by atoms with Gasteiger partial charge < -0.3 is 21.5 Å². The van der Waals surface area contributed by atoms with Gasteiger partial charge in [-0.1, -0.05) is 48.5 Å². The summed E-state index contributed by atoms with van der Waals surface area (Å²) in [5.41, 5.74) is 6.76. The van der Waals surface area contributed by atoms with E-state index in [1.807, 2.05) is 0 Å². The Hall–Kier alpha value is -1.69. The van der Waals surface area contributed by atoms with E-state index in [1.54, 1.807) is 0 Å². The number of unbranched alkanes of at least 4 members (excludes halogenated alkanes) is 1. The molecule has 0 aliphatic carbocycles. The maximum atomic E-state index is 9.40. The molecule has 0 heterocycles. The second kappa shape index (κ2) is 11.2. The molecule has 0 radical (unpaired) electrons. The molecule has 27 heavy (non-hydrogen) atoms. The van der Waals surface area contributed by atoms with E-state index in [1.165, 1.54) is 27.1 Å². The summed E-state index contributed by atoms with van der Waals surface area (Å²) >= 11 is 0. The molecule has 0 aliphatic rings. The molecule has 4 nitrogen and oxygen atoms in total. The molecule has 0 fully saturated rings. The maximum Gasteiger partial charge on any atom is 0.0786 e. The largest absolute Gasteiger partial charge is 0.390 e. The molecular formula is C22H30ClN3O. The van der Waals surface area contributed by atoms with Crippen LogP contribution in [0.15, 0.2) is 54.6 Å². The molecule has 5 N–H and O–H groups in total. The maximum absolute atomic E-state index is 9.40. The zero-order chi connectivity index (χ0) is 18.2. The molecule has 0 saturated carbocycles. The molecule has 0 saturated heterocycles. The number of hydrogen-bond donors (Lipinski definition) is 4. The summed E-state index contributed by atoms with van der Waals surface area (Å²) in [6, 6.07) is 19.5. The van der Waals surface area contributed by atoms with Crippen LogP contribution in [0.4, 0.5) is 0 Å². The second-order valence-electron chi connectivity index (χ2n) is 6.77. The van der Waals surface area contributed by atoms with Crippen LogP contribution in [0.1, 0.15) is 18.4 Å². The zero-order valence-corrected chi connectivity index (χ0v) is 16.5. The summed E-state index contributed by atoms with van der Waals surface area (Å²) in [6.07, 6.45) is 1.75. The van der Waals surface area contributed by atoms with Crippen LogP contribution in [-0.4, -0.2) is 37.4 Å². The standard InChI is InChI=1S/C22H29N3O.ClH/c23-14-19(26)15-24-11-5-6-12-25-16-22-20-9-3-1-7-17(20)13-18-8-2-4-10-21(18)22;/h1-4,7-10,13,19,24-26H,5-6,11-12,14-16,23H2;1H. The number of aliphatic hydroxyl groups is 1. The average Bonchev–Trinajstić information content (AvgIpc) is 2.68. The molecule has 0 spiro atoms. The van der Waals surface area contributed by atoms with Gasteiger partial charge in [-0.05, 0) is 59.1 Å². The predicted molar refractivity (Wildman–Crippen MR) is 118 cm³/mol. The molecule has 0 bridgehead atoms. The van der Waals surface area contributed by atoms with Crippen molar-refractivity contribution in [1.82, 2.24) is 10.6 Å². The number of hydrogen-bond acceptors (Lipinski definition) is 4. The van der Waals surface area contributed by atoms with Crippen molar-refractivity contribution in [2.24, 2.45) is 5.73 Å². The minimum Gasteiger partial charge on any atom is -0.390 e. The molecule has 3 rings (SSSR count). The predicted octanol–water partition coefficient (Wildman–Crippen LogP) is 3.19. The van der Waals surface area contributed by atoms with Crippen LogP contribution in [0.25, 0.3) is 21.5 Å². The molecule has 3 aromatic rings. The lowest BCUT2D eigenvalue weighted by Gasteiger charge is -2.13. The van der Waals surface area contributed by atoms with Gasteiger partial charge in [0.1, 0.15) is 0 Å². The van der Waals surface area contributed by atoms with E-state index in [-0.39, 0.29) is 12.4 Å². The van der Waals surface area contributed by atoms with Gasteiger partial charge in [-0.25, -0.2) is 0 Å². The summed E-state index contributed by atoms with van der Waals surface area (Å²) in [7, 11) is 0. The summed E-state index contributed by atoms with van der Waals surface area (Å²) in [5.74, 6) is 0. The van der Waals surface area contributed by atoms with Crippen LogP contribution in [0.2, 0.25) is 0 Å². The molecule has 0 amide bonds. The third-order valence-electron chi connectivity index (χ3n) is 4.79. The van der Waals surface area contributed by atoms with Crippen molar-refractivity contribution in [2.45, 2.75) is 25.5 Å². The monoisotopic (exact) mass is 387 g/mol. The lowest BCUT2D eigenvalue weighted by Crippen LogP contribution is -2.33. The fraction of sp³-hybridized carbons (Fsp3) is 0.364. The normalized spacial score (nSPS) is 12.2. The van der Waals surface area contributed by atoms with Crippen molar-refractivity contribution in [1.29, 1.82) is 0 Å². The van der Waals surface area contributed by atoms with Gasteiger partial charge in [0.15, 0.2) is 0 Å². The Labute approximate surface area is 167 Å². The molecule has 0 aliphatic heterocycles. The topological polar surface area (TPSA) is 70.3 Å². The van der Waals surface area contributed by atoms with Gasteiger partial charge in [-0.15, -0.1) is 12.4 Å². The van der Waals surface area contributed by atoms with E-state index in [0.29, 0.717) is 13.1 Å². The quantitative estimate of drug-likeness (QED) is 0.318. The fourth-order valence-electron chi connectivity index (χ4n) is 3.36. The zero-order valence-electron chi connectivity index (χ0n) is 15.7. The van der Waals surface area contributed by atoms with Gasteiger partial charge in [0.05, 0.1) is 6.10 Å². The number of aliphatic hydroxyl groups excluding tert-OH is 1. The Bertz CT molecular complexity index is 786. The highest BCUT2D eigenvalue weighted by molar-refractivity contribution is 6.02. The smallest absolute Gasteiger partial charge is 0.0786 e. The van der Waals surface area contributed by atoms with Gasteiger partial charge in [0.2, 0.25) is 0 Å². The van der Waals surface area contributed by atoms with Crippen LogP contribution in [-0.2, 0) is 6.54 Å². The number of nitrogens with two attached hydrogens (primary N) is 1. The SMILES string of the molecule is Cl.NCC(O)CNCCCCNCc1c2ccccc2cc2ccccc12. The number of halogens is 1. The van der Waals surface area contributed by atoms with Crippen LogP contribution >= 0.6 is 12.4 Å². The lowest BCUT2D eigenvalue weighted by atomic mass is 9.97. The van der Waals surface area contributed by atoms with Gasteiger partial charge in [0, 0.05) is 19.6 Å². The van der Waals surface area contributed by atoms with E-state index >= 15 is 0 Å². The second-order valence-corrected chi connectivity index (χ2v) is 6.77. The summed E-state index contributed by atoms with van der Waals surface area (Å²) in [5, 5.41) is 21.5. The Morgan fingerprint density at radius 2 is 1.41 bits per heavy atom. The van der Waals surface area contributed by atoms with Crippen molar-refractivity contribution >= 4 is 34.0 Å². The highest BCUT2D eigenvalue weighted by atomic mass is 35.5. The number of fused-ring (bicyclic) bond motifs is 2. The highest BCUT2D eigenvalue weighted by Gasteiger charge is 2.06. The van der Waals surface area contributed by atoms with Gasteiger partial charge in [-0.3, -0.25) is 0 Å². The highest BCUT2D eigenvalue weighted by Crippen LogP contribution is 2.28. The van der Waals surface area contributed by atoms with Gasteiger partial charge in [0.25, 0.3) is 0 Å². The van der Waals surface area contributed by atoms with E-state index in [9.17, 15) is 5.11 Å². The summed E-state index contributed by atoms with van der Waals surface area (Å²) in [4.78, 5) is 0. The fourth-order valence-corrected chi connectivity index (χ4v) is 3.36. The van der Waals surface area contributed by atoms with Crippen molar-refractivity contribution in [3.05, 3.63) is 60.2 Å². The van der Waals surface area contributed by atoms with E-state index < -0.39 is 6.10 Å². The Kier molecular flexibility index (Phi) is 8.98. The Balaban J connectivity index is 0.00000261.